The molecule has 0 spiro atoms. The number of ketones is 1. The minimum absolute atomic E-state index is 0.00604. The van der Waals surface area contributed by atoms with Crippen molar-refractivity contribution in [2.24, 2.45) is 7.05 Å². The van der Waals surface area contributed by atoms with Gasteiger partial charge in [-0.15, -0.1) is 0 Å². The van der Waals surface area contributed by atoms with Crippen LogP contribution in [0.4, 0.5) is 23.7 Å². The number of amides is 2. The summed E-state index contributed by atoms with van der Waals surface area (Å²) in [4.78, 5) is 28.0. The van der Waals surface area contributed by atoms with Crippen LogP contribution in [-0.2, 0) is 13.2 Å². The predicted molar refractivity (Wildman–Crippen MR) is 139 cm³/mol. The molecule has 0 saturated heterocycles. The molecule has 4 aromatic rings. The number of nitrogens with one attached hydrogen (secondary N) is 3. The van der Waals surface area contributed by atoms with Gasteiger partial charge in [-0.1, -0.05) is 0 Å². The zero-order chi connectivity index (χ0) is 28.2. The number of methoxy groups -OCH3 is 1. The van der Waals surface area contributed by atoms with E-state index in [1.165, 1.54) is 38.4 Å². The Morgan fingerprint density at radius 3 is 2.56 bits per heavy atom. The van der Waals surface area contributed by atoms with Crippen molar-refractivity contribution in [3.8, 4) is 22.8 Å². The maximum Gasteiger partial charge on any atom is 0.418 e. The molecule has 3 heterocycles. The number of anilines is 1. The van der Waals surface area contributed by atoms with Gasteiger partial charge in [0.05, 0.1) is 35.1 Å². The minimum Gasteiger partial charge on any atom is -0.497 e. The lowest BCUT2D eigenvalue weighted by atomic mass is 10.0. The monoisotopic (exact) mass is 539 g/mol. The van der Waals surface area contributed by atoms with Crippen molar-refractivity contribution in [2.45, 2.75) is 20.0 Å². The number of alkyl halides is 3. The SMILES string of the molecule is CNC(=O)Nc1ccc2c(c1)C(=O)/C(=C/c1c(-c3c(C)nn(C)c3C)[nH]c3c(C(F)(F)F)cc(OC)cc13)O2. The highest BCUT2D eigenvalue weighted by atomic mass is 19.4. The van der Waals surface area contributed by atoms with Gasteiger partial charge in [0.25, 0.3) is 0 Å². The standard InChI is InChI=1S/C27H24F3N5O4/c1-12-22(13(2)35(4)34-12)24-17(16-9-15(38-5)10-19(23(16)33-24)27(28,29)30)11-21-25(36)18-8-14(32-26(37)31-3)6-7-20(18)39-21/h6-11,33H,1-5H3,(H2,31,32,37)/b21-11-. The molecule has 0 unspecified atom stereocenters. The Morgan fingerprint density at radius 1 is 1.21 bits per heavy atom. The van der Waals surface area contributed by atoms with Gasteiger partial charge in [0.15, 0.2) is 5.76 Å². The van der Waals surface area contributed by atoms with E-state index < -0.39 is 23.6 Å². The number of aryl methyl sites for hydroxylation is 2. The molecule has 1 aliphatic heterocycles. The van der Waals surface area contributed by atoms with E-state index >= 15 is 0 Å². The fourth-order valence-electron chi connectivity index (χ4n) is 4.71. The summed E-state index contributed by atoms with van der Waals surface area (Å²) in [6.07, 6.45) is -3.25. The number of nitrogens with zero attached hydrogens (tertiary/aromatic N) is 2. The zero-order valence-corrected chi connectivity index (χ0v) is 21.6. The number of aromatic nitrogens is 3. The first-order valence-electron chi connectivity index (χ1n) is 11.8. The van der Waals surface area contributed by atoms with E-state index in [1.54, 1.807) is 31.6 Å². The van der Waals surface area contributed by atoms with Crippen molar-refractivity contribution in [3.05, 3.63) is 64.2 Å². The van der Waals surface area contributed by atoms with Crippen molar-refractivity contribution in [2.75, 3.05) is 19.5 Å². The number of aromatic amines is 1. The highest BCUT2D eigenvalue weighted by Crippen LogP contribution is 2.44. The lowest BCUT2D eigenvalue weighted by Crippen LogP contribution is -2.24. The Hall–Kier alpha value is -4.74. The van der Waals surface area contributed by atoms with Crippen LogP contribution in [0.5, 0.6) is 11.5 Å². The molecule has 202 valence electrons. The number of urea groups is 1. The normalized spacial score (nSPS) is 14.1. The molecular weight excluding hydrogens is 515 g/mol. The molecule has 12 heteroatoms. The van der Waals surface area contributed by atoms with Gasteiger partial charge >= 0.3 is 12.2 Å². The van der Waals surface area contributed by atoms with Crippen molar-refractivity contribution in [3.63, 3.8) is 0 Å². The van der Waals surface area contributed by atoms with Gasteiger partial charge in [-0.2, -0.15) is 18.3 Å². The zero-order valence-electron chi connectivity index (χ0n) is 21.6. The number of fused-ring (bicyclic) bond motifs is 2. The van der Waals surface area contributed by atoms with Gasteiger partial charge in [-0.25, -0.2) is 4.79 Å². The van der Waals surface area contributed by atoms with Crippen molar-refractivity contribution in [1.29, 1.82) is 0 Å². The van der Waals surface area contributed by atoms with Crippen LogP contribution in [0.25, 0.3) is 28.2 Å². The minimum atomic E-state index is -4.68. The first-order valence-corrected chi connectivity index (χ1v) is 11.8. The summed E-state index contributed by atoms with van der Waals surface area (Å²) in [7, 11) is 4.48. The third-order valence-electron chi connectivity index (χ3n) is 6.65. The summed E-state index contributed by atoms with van der Waals surface area (Å²) in [5.74, 6) is -0.298. The number of hydrogen-bond acceptors (Lipinski definition) is 5. The molecule has 0 bridgehead atoms. The van der Waals surface area contributed by atoms with Crippen LogP contribution >= 0.6 is 0 Å². The van der Waals surface area contributed by atoms with Gasteiger partial charge < -0.3 is 25.1 Å². The number of hydrogen-bond donors (Lipinski definition) is 3. The highest BCUT2D eigenvalue weighted by molar-refractivity contribution is 6.16. The summed E-state index contributed by atoms with van der Waals surface area (Å²) >= 11 is 0. The van der Waals surface area contributed by atoms with Gasteiger partial charge in [-0.05, 0) is 50.3 Å². The van der Waals surface area contributed by atoms with Crippen molar-refractivity contribution in [1.82, 2.24) is 20.1 Å². The second-order valence-electron chi connectivity index (χ2n) is 9.03. The third kappa shape index (κ3) is 4.37. The second-order valence-corrected chi connectivity index (χ2v) is 9.03. The average molecular weight is 540 g/mol. The van der Waals surface area contributed by atoms with Gasteiger partial charge in [0.1, 0.15) is 11.5 Å². The van der Waals surface area contributed by atoms with Crippen LogP contribution in [0, 0.1) is 13.8 Å². The van der Waals surface area contributed by atoms with Crippen LogP contribution in [0.2, 0.25) is 0 Å². The molecule has 0 aliphatic carbocycles. The van der Waals surface area contributed by atoms with Crippen LogP contribution in [0.1, 0.15) is 32.9 Å². The lowest BCUT2D eigenvalue weighted by Gasteiger charge is -2.10. The highest BCUT2D eigenvalue weighted by Gasteiger charge is 2.36. The molecule has 5 rings (SSSR count). The van der Waals surface area contributed by atoms with E-state index in [2.05, 4.69) is 20.7 Å². The Morgan fingerprint density at radius 2 is 1.95 bits per heavy atom. The first-order chi connectivity index (χ1) is 18.4. The van der Waals surface area contributed by atoms with E-state index in [4.69, 9.17) is 9.47 Å². The number of H-pyrrole nitrogens is 1. The maximum absolute atomic E-state index is 14.1. The number of carbonyl (C=O) groups is 2. The lowest BCUT2D eigenvalue weighted by molar-refractivity contribution is -0.136. The number of allylic oxidation sites excluding steroid dienone is 1. The summed E-state index contributed by atoms with van der Waals surface area (Å²) in [5, 5.41) is 9.63. The largest absolute Gasteiger partial charge is 0.497 e. The third-order valence-corrected chi connectivity index (χ3v) is 6.65. The van der Waals surface area contributed by atoms with Crippen LogP contribution < -0.4 is 20.1 Å². The van der Waals surface area contributed by atoms with E-state index in [0.717, 1.165) is 6.07 Å². The average Bonchev–Trinajstić information content (AvgIpc) is 3.48. The van der Waals surface area contributed by atoms with Crippen LogP contribution in [-0.4, -0.2) is 40.7 Å². The second kappa shape index (κ2) is 9.22. The van der Waals surface area contributed by atoms with Crippen LogP contribution in [0.3, 0.4) is 0 Å². The van der Waals surface area contributed by atoms with Gasteiger partial charge in [0, 0.05) is 42.0 Å². The topological polar surface area (TPSA) is 110 Å². The van der Waals surface area contributed by atoms with E-state index in [9.17, 15) is 22.8 Å². The molecule has 0 radical (unpaired) electrons. The molecule has 2 aromatic carbocycles. The van der Waals surface area contributed by atoms with Crippen molar-refractivity contribution >= 4 is 34.5 Å². The number of ether oxygens (including phenoxy) is 2. The molecule has 0 fully saturated rings. The Bertz CT molecular complexity index is 1700. The molecule has 2 aromatic heterocycles. The fourth-order valence-corrected chi connectivity index (χ4v) is 4.71. The Labute approximate surface area is 220 Å². The maximum atomic E-state index is 14.1. The number of rotatable bonds is 4. The number of halogens is 3. The predicted octanol–water partition coefficient (Wildman–Crippen LogP) is 5.58. The first kappa shape index (κ1) is 25.9. The van der Waals surface area contributed by atoms with Crippen LogP contribution in [0.15, 0.2) is 36.1 Å². The summed E-state index contributed by atoms with van der Waals surface area (Å²) in [6.45, 7) is 3.56. The summed E-state index contributed by atoms with van der Waals surface area (Å²) in [6, 6.07) is 6.54. The van der Waals surface area contributed by atoms with Gasteiger partial charge in [-0.3, -0.25) is 9.48 Å². The fraction of sp³-hybridized carbons (Fsp3) is 0.222. The Kier molecular flexibility index (Phi) is 6.12. The number of benzene rings is 2. The molecule has 2 amide bonds. The van der Waals surface area contributed by atoms with E-state index in [1.807, 2.05) is 0 Å². The molecule has 3 N–H and O–H groups in total. The quantitative estimate of drug-likeness (QED) is 0.293. The summed E-state index contributed by atoms with van der Waals surface area (Å²) in [5.41, 5.74) is 2.09. The van der Waals surface area contributed by atoms with Crippen molar-refractivity contribution < 1.29 is 32.2 Å². The summed E-state index contributed by atoms with van der Waals surface area (Å²) < 4.78 is 55.0. The van der Waals surface area contributed by atoms with Gasteiger partial charge in [0.2, 0.25) is 5.78 Å². The van der Waals surface area contributed by atoms with E-state index in [0.29, 0.717) is 33.9 Å². The molecule has 39 heavy (non-hydrogen) atoms. The molecule has 9 nitrogen and oxygen atoms in total. The smallest absolute Gasteiger partial charge is 0.418 e. The number of Topliss-reactive ketones (excluding diaryl/α,β-unsaturated/α-hetero) is 1. The number of carbonyl (C=O) groups excluding carboxylic acids is 2. The Balaban J connectivity index is 1.74. The molecular formula is C27H24F3N5O4. The molecule has 0 saturated carbocycles. The van der Waals surface area contributed by atoms with E-state index in [-0.39, 0.29) is 33.7 Å². The molecule has 0 atom stereocenters. The molecule has 1 aliphatic rings.